The third kappa shape index (κ3) is 5.30. The number of nitriles is 1. The van der Waals surface area contributed by atoms with Crippen molar-refractivity contribution in [2.45, 2.75) is 18.9 Å². The number of hydrogen-bond donors (Lipinski definition) is 3. The number of nitrogens with one attached hydrogen (secondary N) is 2. The second-order valence-electron chi connectivity index (χ2n) is 6.59. The first-order valence-electron chi connectivity index (χ1n) is 9.05. The van der Waals surface area contributed by atoms with Crippen LogP contribution in [0.25, 0.3) is 0 Å². The summed E-state index contributed by atoms with van der Waals surface area (Å²) >= 11 is 0. The summed E-state index contributed by atoms with van der Waals surface area (Å²) in [6.45, 7) is -0.228. The fourth-order valence-electron chi connectivity index (χ4n) is 2.93. The summed E-state index contributed by atoms with van der Waals surface area (Å²) in [5, 5.41) is 23.6. The molecule has 2 aromatic carbocycles. The highest BCUT2D eigenvalue weighted by Crippen LogP contribution is 2.28. The van der Waals surface area contributed by atoms with E-state index < -0.39 is 36.1 Å². The molecule has 8 nitrogen and oxygen atoms in total. The lowest BCUT2D eigenvalue weighted by molar-refractivity contribution is -0.133. The number of anilines is 3. The molecule has 11 heteroatoms. The topological polar surface area (TPSA) is 115 Å². The van der Waals surface area contributed by atoms with Crippen molar-refractivity contribution in [3.63, 3.8) is 0 Å². The van der Waals surface area contributed by atoms with Gasteiger partial charge in [-0.1, -0.05) is 6.07 Å². The predicted octanol–water partition coefficient (Wildman–Crippen LogP) is 1.66. The molecule has 1 aliphatic heterocycles. The number of ether oxygens (including phenoxy) is 1. The van der Waals surface area contributed by atoms with Crippen LogP contribution in [0.1, 0.15) is 5.56 Å². The van der Waals surface area contributed by atoms with Gasteiger partial charge in [0, 0.05) is 18.3 Å². The Kier molecular flexibility index (Phi) is 6.74. The molecule has 2 unspecified atom stereocenters. The lowest BCUT2D eigenvalue weighted by Gasteiger charge is -2.21. The van der Waals surface area contributed by atoms with Crippen LogP contribution in [0, 0.1) is 17.1 Å². The van der Waals surface area contributed by atoms with Gasteiger partial charge in [0.2, 0.25) is 11.8 Å². The molecule has 31 heavy (non-hydrogen) atoms. The van der Waals surface area contributed by atoms with Gasteiger partial charge < -0.3 is 25.4 Å². The van der Waals surface area contributed by atoms with Crippen molar-refractivity contribution >= 4 is 23.0 Å². The van der Waals surface area contributed by atoms with E-state index in [4.69, 9.17) is 10.00 Å². The molecule has 1 heterocycles. The van der Waals surface area contributed by atoms with E-state index in [2.05, 4.69) is 5.32 Å². The number of benzene rings is 1. The van der Waals surface area contributed by atoms with Crippen LogP contribution in [0.15, 0.2) is 47.3 Å². The monoisotopic (exact) mass is 434 g/mol. The molecule has 1 saturated heterocycles. The van der Waals surface area contributed by atoms with E-state index in [1.807, 2.05) is 11.4 Å². The third-order valence-corrected chi connectivity index (χ3v) is 4.46. The molecule has 0 spiro atoms. The number of rotatable bonds is 6. The maximum atomic E-state index is 14.6. The zero-order chi connectivity index (χ0) is 22.5. The fourth-order valence-corrected chi connectivity index (χ4v) is 2.93. The van der Waals surface area contributed by atoms with Crippen LogP contribution >= 0.6 is 0 Å². The fraction of sp³-hybridized carbons (Fsp3) is 0.250. The molecule has 2 aromatic rings. The van der Waals surface area contributed by atoms with Crippen molar-refractivity contribution in [1.82, 2.24) is 5.32 Å². The lowest BCUT2D eigenvalue weighted by atomic mass is 10.2. The van der Waals surface area contributed by atoms with E-state index in [-0.39, 0.29) is 35.7 Å². The van der Waals surface area contributed by atoms with Crippen LogP contribution in [0.4, 0.5) is 30.2 Å². The third-order valence-electron chi connectivity index (χ3n) is 4.46. The van der Waals surface area contributed by atoms with E-state index in [9.17, 15) is 27.9 Å². The van der Waals surface area contributed by atoms with Crippen LogP contribution in [0.3, 0.4) is 0 Å². The molecule has 1 amide bonds. The molecule has 0 aliphatic carbocycles. The van der Waals surface area contributed by atoms with Gasteiger partial charge in [-0.05, 0) is 30.3 Å². The van der Waals surface area contributed by atoms with Crippen LogP contribution in [-0.2, 0) is 9.53 Å². The molecule has 0 saturated carbocycles. The molecular formula is C20H17F3N4O4. The van der Waals surface area contributed by atoms with Crippen LogP contribution in [0.2, 0.25) is 0 Å². The van der Waals surface area contributed by atoms with E-state index in [1.54, 1.807) is 0 Å². The number of nitrogens with zero attached hydrogens (tertiary/aromatic N) is 2. The standard InChI is InChI=1S/C20H17F3N4O4/c21-14-7-12(27-10-13(31-20(27)30)9-25-19(29)18(22)23)4-5-15(14)26-16-3-1-2-11(8-24)6-17(16)28/h1-7,13,18,20,30H,9-10H2,(H,25,29)(H,26,28). The number of halogens is 3. The zero-order valence-corrected chi connectivity index (χ0v) is 15.9. The zero-order valence-electron chi connectivity index (χ0n) is 15.9. The van der Waals surface area contributed by atoms with Gasteiger partial charge in [-0.3, -0.25) is 9.59 Å². The van der Waals surface area contributed by atoms with Gasteiger partial charge in [-0.25, -0.2) is 4.39 Å². The van der Waals surface area contributed by atoms with E-state index in [0.717, 1.165) is 12.1 Å². The number of amides is 1. The van der Waals surface area contributed by atoms with Gasteiger partial charge in [0.1, 0.15) is 5.82 Å². The second-order valence-corrected chi connectivity index (χ2v) is 6.59. The number of carbonyl (C=O) groups is 1. The molecule has 1 aliphatic rings. The van der Waals surface area contributed by atoms with Crippen LogP contribution in [0.5, 0.6) is 0 Å². The largest absolute Gasteiger partial charge is 0.351 e. The molecule has 2 atom stereocenters. The highest BCUT2D eigenvalue weighted by molar-refractivity contribution is 5.79. The van der Waals surface area contributed by atoms with Crippen molar-refractivity contribution in [2.75, 3.05) is 23.3 Å². The second kappa shape index (κ2) is 9.46. The van der Waals surface area contributed by atoms with E-state index in [0.29, 0.717) is 0 Å². The Balaban J connectivity index is 1.71. The molecular weight excluding hydrogens is 417 g/mol. The Morgan fingerprint density at radius 2 is 2.06 bits per heavy atom. The number of alkyl halides is 2. The van der Waals surface area contributed by atoms with Gasteiger partial charge in [-0.15, -0.1) is 0 Å². The maximum absolute atomic E-state index is 14.6. The molecule has 0 radical (unpaired) electrons. The smallest absolute Gasteiger partial charge is 0.315 e. The van der Waals surface area contributed by atoms with Crippen LogP contribution in [-0.4, -0.2) is 43.0 Å². The van der Waals surface area contributed by atoms with Gasteiger partial charge in [0.05, 0.1) is 35.7 Å². The first-order chi connectivity index (χ1) is 14.8. The van der Waals surface area contributed by atoms with Crippen molar-refractivity contribution in [1.29, 1.82) is 5.26 Å². The Morgan fingerprint density at radius 3 is 2.74 bits per heavy atom. The minimum Gasteiger partial charge on any atom is -0.351 e. The molecule has 0 bridgehead atoms. The minimum absolute atomic E-state index is 0.0130. The molecule has 0 aromatic heterocycles. The Bertz CT molecular complexity index is 1080. The summed E-state index contributed by atoms with van der Waals surface area (Å²) in [5.74, 6) is -2.18. The average molecular weight is 434 g/mol. The van der Waals surface area contributed by atoms with Crippen molar-refractivity contribution in [2.24, 2.45) is 0 Å². The Hall–Kier alpha value is -3.62. The first-order valence-corrected chi connectivity index (χ1v) is 9.05. The van der Waals surface area contributed by atoms with Gasteiger partial charge in [0.15, 0.2) is 0 Å². The van der Waals surface area contributed by atoms with Crippen molar-refractivity contribution in [3.05, 3.63) is 64.1 Å². The van der Waals surface area contributed by atoms with Gasteiger partial charge in [0.25, 0.3) is 5.91 Å². The first kappa shape index (κ1) is 22.1. The number of hydrogen-bond acceptors (Lipinski definition) is 7. The normalized spacial score (nSPS) is 18.0. The summed E-state index contributed by atoms with van der Waals surface area (Å²) in [5.41, 5.74) is -0.0438. The summed E-state index contributed by atoms with van der Waals surface area (Å²) in [6.07, 6.45) is -5.40. The van der Waals surface area contributed by atoms with E-state index in [1.165, 1.54) is 35.2 Å². The highest BCUT2D eigenvalue weighted by atomic mass is 19.3. The predicted molar refractivity (Wildman–Crippen MR) is 104 cm³/mol. The van der Waals surface area contributed by atoms with Gasteiger partial charge in [-0.2, -0.15) is 14.0 Å². The lowest BCUT2D eigenvalue weighted by Crippen LogP contribution is -2.37. The molecule has 3 N–H and O–H groups in total. The van der Waals surface area contributed by atoms with Crippen molar-refractivity contribution < 1.29 is 27.8 Å². The van der Waals surface area contributed by atoms with Gasteiger partial charge >= 0.3 is 6.43 Å². The SMILES string of the molecule is N#Cc1cccc(Nc2ccc(N3CC(CNC(=O)C(F)F)OC3O)cc2F)c(=O)c1. The summed E-state index contributed by atoms with van der Waals surface area (Å²) in [4.78, 5) is 24.4. The quantitative estimate of drug-likeness (QED) is 0.634. The summed E-state index contributed by atoms with van der Waals surface area (Å²) in [6, 6.07) is 11.2. The number of aliphatic hydroxyl groups excluding tert-OH is 1. The summed E-state index contributed by atoms with van der Waals surface area (Å²) in [7, 11) is 0. The number of aliphatic hydroxyl groups is 1. The maximum Gasteiger partial charge on any atom is 0.315 e. The Labute approximate surface area is 174 Å². The molecule has 1 fully saturated rings. The summed E-state index contributed by atoms with van der Waals surface area (Å²) < 4.78 is 44.3. The number of carbonyl (C=O) groups excluding carboxylic acids is 1. The van der Waals surface area contributed by atoms with E-state index >= 15 is 0 Å². The minimum atomic E-state index is -3.16. The highest BCUT2D eigenvalue weighted by Gasteiger charge is 2.32. The Morgan fingerprint density at radius 1 is 1.29 bits per heavy atom. The average Bonchev–Trinajstić information content (AvgIpc) is 3.01. The molecule has 162 valence electrons. The van der Waals surface area contributed by atoms with Crippen LogP contribution < -0.4 is 21.0 Å². The molecule has 3 rings (SSSR count). The van der Waals surface area contributed by atoms with Crippen molar-refractivity contribution in [3.8, 4) is 6.07 Å².